The van der Waals surface area contributed by atoms with E-state index in [1.165, 1.54) is 0 Å². The number of nitrogens with zero attached hydrogens (tertiary/aromatic N) is 6. The van der Waals surface area contributed by atoms with Crippen LogP contribution in [0.4, 0.5) is 17.6 Å². The molecule has 3 aromatic heterocycles. The molecule has 4 rings (SSSR count). The minimum Gasteiger partial charge on any atom is -0.380 e. The van der Waals surface area contributed by atoms with Crippen molar-refractivity contribution in [2.45, 2.75) is 46.3 Å². The molecule has 0 unspecified atom stereocenters. The Balaban J connectivity index is 1.73. The molecule has 160 valence electrons. The van der Waals surface area contributed by atoms with Crippen LogP contribution in [-0.2, 0) is 11.3 Å². The summed E-state index contributed by atoms with van der Waals surface area (Å²) in [5.74, 6) is 2.16. The Hall–Kier alpha value is -2.78. The molecule has 1 saturated heterocycles. The van der Waals surface area contributed by atoms with Crippen LogP contribution in [0.5, 0.6) is 0 Å². The molecule has 30 heavy (non-hydrogen) atoms. The highest BCUT2D eigenvalue weighted by Gasteiger charge is 2.25. The van der Waals surface area contributed by atoms with Gasteiger partial charge in [-0.1, -0.05) is 6.07 Å². The lowest BCUT2D eigenvalue weighted by atomic mass is 10.1. The minimum atomic E-state index is 0.372. The van der Waals surface area contributed by atoms with Gasteiger partial charge >= 0.3 is 0 Å². The summed E-state index contributed by atoms with van der Waals surface area (Å²) in [4.78, 5) is 16.5. The molecule has 0 bridgehead atoms. The van der Waals surface area contributed by atoms with Crippen molar-refractivity contribution in [3.05, 3.63) is 30.1 Å². The Morgan fingerprint density at radius 2 is 1.97 bits per heavy atom. The zero-order chi connectivity index (χ0) is 21.1. The molecule has 0 aliphatic carbocycles. The first-order chi connectivity index (χ1) is 14.5. The van der Waals surface area contributed by atoms with Crippen molar-refractivity contribution in [2.24, 2.45) is 0 Å². The Labute approximate surface area is 176 Å². The van der Waals surface area contributed by atoms with Gasteiger partial charge in [0.05, 0.1) is 19.3 Å². The number of fused-ring (bicyclic) bond motifs is 1. The number of hydrogen-bond acceptors (Lipinski definition) is 8. The number of anilines is 3. The highest BCUT2D eigenvalue weighted by Crippen LogP contribution is 2.27. The third-order valence-electron chi connectivity index (χ3n) is 5.13. The molecule has 0 amide bonds. The molecule has 0 saturated carbocycles. The Kier molecular flexibility index (Phi) is 6.10. The van der Waals surface area contributed by atoms with Crippen LogP contribution in [0.25, 0.3) is 11.0 Å². The average Bonchev–Trinajstić information content (AvgIpc) is 3.12. The van der Waals surface area contributed by atoms with E-state index in [0.29, 0.717) is 43.6 Å². The second-order valence-electron chi connectivity index (χ2n) is 7.89. The Morgan fingerprint density at radius 3 is 2.67 bits per heavy atom. The number of aryl methyl sites for hydroxylation is 1. The summed E-state index contributed by atoms with van der Waals surface area (Å²) in [6.07, 6.45) is 3.64. The zero-order valence-electron chi connectivity index (χ0n) is 18.1. The van der Waals surface area contributed by atoms with E-state index in [9.17, 15) is 0 Å². The van der Waals surface area contributed by atoms with E-state index in [2.05, 4.69) is 39.5 Å². The van der Waals surface area contributed by atoms with Crippen LogP contribution >= 0.6 is 0 Å². The molecular weight excluding hydrogens is 380 g/mol. The molecule has 2 N–H and O–H groups in total. The summed E-state index contributed by atoms with van der Waals surface area (Å²) >= 11 is 0. The maximum atomic E-state index is 5.52. The van der Waals surface area contributed by atoms with E-state index in [1.807, 2.05) is 36.9 Å². The summed E-state index contributed by atoms with van der Waals surface area (Å²) in [6, 6.07) is 4.73. The summed E-state index contributed by atoms with van der Waals surface area (Å²) in [6.45, 7) is 12.0. The third kappa shape index (κ3) is 4.52. The van der Waals surface area contributed by atoms with Gasteiger partial charge in [-0.3, -0.25) is 4.68 Å². The van der Waals surface area contributed by atoms with E-state index < -0.39 is 0 Å². The molecule has 1 fully saturated rings. The Bertz CT molecular complexity index is 977. The first-order valence-electron chi connectivity index (χ1n) is 10.6. The van der Waals surface area contributed by atoms with Gasteiger partial charge in [-0.25, -0.2) is 9.97 Å². The molecule has 0 aromatic carbocycles. The van der Waals surface area contributed by atoms with Crippen LogP contribution < -0.4 is 15.5 Å². The molecule has 0 spiro atoms. The van der Waals surface area contributed by atoms with Gasteiger partial charge in [0.2, 0.25) is 5.95 Å². The van der Waals surface area contributed by atoms with Crippen LogP contribution in [0.3, 0.4) is 0 Å². The molecule has 2 atom stereocenters. The summed E-state index contributed by atoms with van der Waals surface area (Å²) < 4.78 is 7.42. The smallest absolute Gasteiger partial charge is 0.228 e. The van der Waals surface area contributed by atoms with Crippen molar-refractivity contribution in [2.75, 3.05) is 36.5 Å². The van der Waals surface area contributed by atoms with Crippen molar-refractivity contribution in [3.63, 3.8) is 0 Å². The SMILES string of the molecule is CCOCCn1ncc2nc(N3C[C@@H](C)N[C@H](C)C3)nc(Nc3ccc(C)cn3)c21. The van der Waals surface area contributed by atoms with Crippen molar-refractivity contribution < 1.29 is 4.74 Å². The monoisotopic (exact) mass is 410 g/mol. The van der Waals surface area contributed by atoms with E-state index in [-0.39, 0.29) is 0 Å². The number of nitrogens with one attached hydrogen (secondary N) is 2. The lowest BCUT2D eigenvalue weighted by Gasteiger charge is -2.36. The number of aromatic nitrogens is 5. The van der Waals surface area contributed by atoms with E-state index in [4.69, 9.17) is 14.7 Å². The van der Waals surface area contributed by atoms with Gasteiger partial charge in [-0.2, -0.15) is 10.1 Å². The predicted octanol–water partition coefficient (Wildman–Crippen LogP) is 2.50. The molecular formula is C21H30N8O. The van der Waals surface area contributed by atoms with Crippen LogP contribution in [-0.4, -0.2) is 63.1 Å². The maximum absolute atomic E-state index is 5.52. The van der Waals surface area contributed by atoms with E-state index in [1.54, 1.807) is 6.20 Å². The number of hydrogen-bond donors (Lipinski definition) is 2. The highest BCUT2D eigenvalue weighted by atomic mass is 16.5. The average molecular weight is 411 g/mol. The first kappa shape index (κ1) is 20.5. The summed E-state index contributed by atoms with van der Waals surface area (Å²) in [5.41, 5.74) is 2.78. The van der Waals surface area contributed by atoms with E-state index in [0.717, 1.165) is 35.5 Å². The lowest BCUT2D eigenvalue weighted by molar-refractivity contribution is 0.137. The standard InChI is InChI=1S/C21H30N8O/c1-5-30-9-8-29-19-17(11-23-29)25-21(28-12-15(3)24-16(4)13-28)27-20(19)26-18-7-6-14(2)10-22-18/h6-7,10-11,15-16,24H,5,8-9,12-13H2,1-4H3,(H,22,25,26,27)/t15-,16-/m1/s1. The second-order valence-corrected chi connectivity index (χ2v) is 7.89. The van der Waals surface area contributed by atoms with Gasteiger partial charge in [-0.05, 0) is 39.3 Å². The highest BCUT2D eigenvalue weighted by molar-refractivity contribution is 5.88. The van der Waals surface area contributed by atoms with Gasteiger partial charge in [0.1, 0.15) is 16.9 Å². The fourth-order valence-electron chi connectivity index (χ4n) is 3.83. The molecule has 1 aliphatic rings. The maximum Gasteiger partial charge on any atom is 0.228 e. The van der Waals surface area contributed by atoms with Crippen LogP contribution in [0.1, 0.15) is 26.3 Å². The molecule has 0 radical (unpaired) electrons. The molecule has 9 nitrogen and oxygen atoms in total. The van der Waals surface area contributed by atoms with Crippen molar-refractivity contribution >= 4 is 28.6 Å². The van der Waals surface area contributed by atoms with Crippen LogP contribution in [0.2, 0.25) is 0 Å². The fraction of sp³-hybridized carbons (Fsp3) is 0.524. The van der Waals surface area contributed by atoms with Crippen LogP contribution in [0.15, 0.2) is 24.5 Å². The normalized spacial score (nSPS) is 19.4. The lowest BCUT2D eigenvalue weighted by Crippen LogP contribution is -2.54. The number of pyridine rings is 1. The van der Waals surface area contributed by atoms with Crippen molar-refractivity contribution in [3.8, 4) is 0 Å². The molecule has 4 heterocycles. The second kappa shape index (κ2) is 8.93. The molecule has 3 aromatic rings. The number of piperazine rings is 1. The van der Waals surface area contributed by atoms with Crippen molar-refractivity contribution in [1.29, 1.82) is 0 Å². The van der Waals surface area contributed by atoms with Gasteiger partial charge < -0.3 is 20.3 Å². The summed E-state index contributed by atoms with van der Waals surface area (Å²) in [5, 5.41) is 11.5. The number of rotatable bonds is 7. The van der Waals surface area contributed by atoms with Gasteiger partial charge in [0.15, 0.2) is 5.82 Å². The molecule has 9 heteroatoms. The van der Waals surface area contributed by atoms with Crippen LogP contribution in [0, 0.1) is 6.92 Å². The fourth-order valence-corrected chi connectivity index (χ4v) is 3.83. The topological polar surface area (TPSA) is 93.0 Å². The Morgan fingerprint density at radius 1 is 1.17 bits per heavy atom. The molecule has 1 aliphatic heterocycles. The van der Waals surface area contributed by atoms with Gasteiger partial charge in [-0.15, -0.1) is 0 Å². The van der Waals surface area contributed by atoms with E-state index >= 15 is 0 Å². The zero-order valence-corrected chi connectivity index (χ0v) is 18.1. The quantitative estimate of drug-likeness (QED) is 0.574. The first-order valence-corrected chi connectivity index (χ1v) is 10.6. The number of ether oxygens (including phenoxy) is 1. The third-order valence-corrected chi connectivity index (χ3v) is 5.13. The minimum absolute atomic E-state index is 0.372. The van der Waals surface area contributed by atoms with Gasteiger partial charge in [0, 0.05) is 38.0 Å². The van der Waals surface area contributed by atoms with Gasteiger partial charge in [0.25, 0.3) is 0 Å². The summed E-state index contributed by atoms with van der Waals surface area (Å²) in [7, 11) is 0. The largest absolute Gasteiger partial charge is 0.380 e. The van der Waals surface area contributed by atoms with Crippen molar-refractivity contribution in [1.82, 2.24) is 30.0 Å². The predicted molar refractivity (Wildman–Crippen MR) is 118 cm³/mol.